The number of benzene rings is 3. The lowest BCUT2D eigenvalue weighted by Crippen LogP contribution is -2.48. The Morgan fingerprint density at radius 2 is 1.91 bits per heavy atom. The van der Waals surface area contributed by atoms with Crippen molar-refractivity contribution in [1.29, 1.82) is 0 Å². The first-order valence-electron chi connectivity index (χ1n) is 11.5. The van der Waals surface area contributed by atoms with Crippen LogP contribution in [0.4, 0.5) is 11.4 Å². The summed E-state index contributed by atoms with van der Waals surface area (Å²) in [6.07, 6.45) is 0. The summed E-state index contributed by atoms with van der Waals surface area (Å²) in [5.74, 6) is 1.80. The molecule has 5 nitrogen and oxygen atoms in total. The minimum Gasteiger partial charge on any atom is -0.322 e. The van der Waals surface area contributed by atoms with Gasteiger partial charge in [0.05, 0.1) is 16.1 Å². The predicted molar refractivity (Wildman–Crippen MR) is 153 cm³/mol. The Labute approximate surface area is 228 Å². The van der Waals surface area contributed by atoms with Crippen molar-refractivity contribution in [3.63, 3.8) is 0 Å². The van der Waals surface area contributed by atoms with Crippen LogP contribution in [0.1, 0.15) is 31.8 Å². The van der Waals surface area contributed by atoms with Crippen molar-refractivity contribution >= 4 is 69.1 Å². The van der Waals surface area contributed by atoms with Gasteiger partial charge < -0.3 is 10.2 Å². The molecule has 0 spiro atoms. The van der Waals surface area contributed by atoms with Gasteiger partial charge in [-0.05, 0) is 71.0 Å². The molecule has 2 aliphatic heterocycles. The van der Waals surface area contributed by atoms with Gasteiger partial charge in [0.1, 0.15) is 0 Å². The summed E-state index contributed by atoms with van der Waals surface area (Å²) in [7, 11) is 0. The lowest BCUT2D eigenvalue weighted by Gasteiger charge is -2.35. The minimum absolute atomic E-state index is 0.119. The zero-order valence-electron chi connectivity index (χ0n) is 19.3. The van der Waals surface area contributed by atoms with E-state index in [1.54, 1.807) is 24.3 Å². The highest BCUT2D eigenvalue weighted by Crippen LogP contribution is 2.33. The average Bonchev–Trinajstić information content (AvgIpc) is 3.02. The van der Waals surface area contributed by atoms with Crippen molar-refractivity contribution in [1.82, 2.24) is 4.90 Å². The number of para-hydroxylation sites is 1. The fourth-order valence-electron chi connectivity index (χ4n) is 4.63. The van der Waals surface area contributed by atoms with Gasteiger partial charge >= 0.3 is 0 Å². The van der Waals surface area contributed by atoms with Crippen LogP contribution in [0, 0.1) is 10.5 Å². The van der Waals surface area contributed by atoms with Crippen molar-refractivity contribution < 1.29 is 9.59 Å². The van der Waals surface area contributed by atoms with Gasteiger partial charge in [0.25, 0.3) is 11.8 Å². The SMILES string of the molecule is Cc1cccc(C(=O)Nc2ccc(C(=O)N3CC4CSCCN4Cc4ccccc43)c(Cl)c2)c1I. The molecule has 0 radical (unpaired) electrons. The highest BCUT2D eigenvalue weighted by atomic mass is 127. The first kappa shape index (κ1) is 24.6. The molecule has 180 valence electrons. The number of nitrogens with one attached hydrogen (secondary N) is 1. The third-order valence-corrected chi connectivity index (χ3v) is 9.37. The first-order chi connectivity index (χ1) is 16.9. The van der Waals surface area contributed by atoms with Crippen molar-refractivity contribution in [2.45, 2.75) is 19.5 Å². The quantitative estimate of drug-likeness (QED) is 0.362. The topological polar surface area (TPSA) is 52.7 Å². The molecular weight excluding hydrogens is 593 g/mol. The molecule has 0 saturated carbocycles. The van der Waals surface area contributed by atoms with Gasteiger partial charge in [-0.2, -0.15) is 11.8 Å². The molecule has 5 rings (SSSR count). The minimum atomic E-state index is -0.204. The summed E-state index contributed by atoms with van der Waals surface area (Å²) in [5.41, 5.74) is 4.74. The van der Waals surface area contributed by atoms with Gasteiger partial charge in [0.15, 0.2) is 0 Å². The maximum atomic E-state index is 13.8. The van der Waals surface area contributed by atoms with Crippen molar-refractivity contribution in [2.24, 2.45) is 0 Å². The van der Waals surface area contributed by atoms with Gasteiger partial charge in [0, 0.05) is 52.1 Å². The zero-order valence-corrected chi connectivity index (χ0v) is 23.0. The number of carbonyl (C=O) groups is 2. The molecule has 1 saturated heterocycles. The second-order valence-corrected chi connectivity index (χ2v) is 11.5. The molecule has 3 aromatic rings. The second-order valence-electron chi connectivity index (χ2n) is 8.83. The van der Waals surface area contributed by atoms with Crippen LogP contribution in [-0.2, 0) is 6.54 Å². The number of hydrogen-bond acceptors (Lipinski definition) is 4. The molecule has 0 bridgehead atoms. The number of amides is 2. The molecule has 1 N–H and O–H groups in total. The van der Waals surface area contributed by atoms with Crippen LogP contribution in [0.3, 0.4) is 0 Å². The lowest BCUT2D eigenvalue weighted by molar-refractivity contribution is 0.0978. The fraction of sp³-hybridized carbons (Fsp3) is 0.259. The summed E-state index contributed by atoms with van der Waals surface area (Å²) in [6, 6.07) is 19.2. The molecule has 2 aliphatic rings. The maximum absolute atomic E-state index is 13.8. The van der Waals surface area contributed by atoms with Crippen LogP contribution in [0.15, 0.2) is 60.7 Å². The summed E-state index contributed by atoms with van der Waals surface area (Å²) in [5, 5.41) is 3.24. The van der Waals surface area contributed by atoms with E-state index in [0.717, 1.165) is 45.0 Å². The number of halogens is 2. The highest BCUT2D eigenvalue weighted by Gasteiger charge is 2.33. The van der Waals surface area contributed by atoms with Crippen LogP contribution < -0.4 is 10.2 Å². The molecule has 1 atom stereocenters. The van der Waals surface area contributed by atoms with E-state index < -0.39 is 0 Å². The van der Waals surface area contributed by atoms with Crippen molar-refractivity contribution in [3.05, 3.63) is 91.5 Å². The standard InChI is InChI=1S/C27H25ClIN3O2S/c1-17-5-4-7-22(25(17)29)26(33)30-19-9-10-21(23(28)13-19)27(34)32-15-20-16-35-12-11-31(20)14-18-6-2-3-8-24(18)32/h2-10,13,20H,11-12,14-16H2,1H3,(H,30,33). The summed E-state index contributed by atoms with van der Waals surface area (Å²) < 4.78 is 0.912. The van der Waals surface area contributed by atoms with E-state index in [4.69, 9.17) is 11.6 Å². The predicted octanol–water partition coefficient (Wildman–Crippen LogP) is 6.08. The van der Waals surface area contributed by atoms with Crippen molar-refractivity contribution in [2.75, 3.05) is 34.8 Å². The number of rotatable bonds is 3. The van der Waals surface area contributed by atoms with Crippen molar-refractivity contribution in [3.8, 4) is 0 Å². The van der Waals surface area contributed by atoms with Crippen LogP contribution >= 0.6 is 46.0 Å². The van der Waals surface area contributed by atoms with Gasteiger partial charge in [-0.1, -0.05) is 41.9 Å². The number of thioether (sulfide) groups is 1. The zero-order chi connectivity index (χ0) is 24.5. The number of nitrogens with zero attached hydrogens (tertiary/aromatic N) is 2. The molecule has 0 aliphatic carbocycles. The van der Waals surface area contributed by atoms with Crippen LogP contribution in [0.5, 0.6) is 0 Å². The number of carbonyl (C=O) groups excluding carboxylic acids is 2. The van der Waals surface area contributed by atoms with E-state index in [9.17, 15) is 9.59 Å². The summed E-state index contributed by atoms with van der Waals surface area (Å²) in [4.78, 5) is 31.0. The Kier molecular flexibility index (Phi) is 7.39. The van der Waals surface area contributed by atoms with E-state index in [2.05, 4.69) is 38.9 Å². The third-order valence-electron chi connectivity index (χ3n) is 6.54. The van der Waals surface area contributed by atoms with Gasteiger partial charge in [-0.25, -0.2) is 0 Å². The van der Waals surface area contributed by atoms with Gasteiger partial charge in [-0.15, -0.1) is 0 Å². The first-order valence-corrected chi connectivity index (χ1v) is 14.1. The number of anilines is 2. The molecule has 2 heterocycles. The molecule has 3 aromatic carbocycles. The molecule has 2 amide bonds. The molecular formula is C27H25ClIN3O2S. The molecule has 8 heteroatoms. The Morgan fingerprint density at radius 3 is 2.74 bits per heavy atom. The maximum Gasteiger partial charge on any atom is 0.259 e. The Hall–Kier alpha value is -2.07. The molecule has 1 fully saturated rings. The molecule has 0 aromatic heterocycles. The van der Waals surface area contributed by atoms with Crippen LogP contribution in [0.25, 0.3) is 0 Å². The number of hydrogen-bond donors (Lipinski definition) is 1. The van der Waals surface area contributed by atoms with Crippen LogP contribution in [-0.4, -0.2) is 47.4 Å². The van der Waals surface area contributed by atoms with E-state index >= 15 is 0 Å². The normalized spacial score (nSPS) is 17.8. The molecule has 1 unspecified atom stereocenters. The lowest BCUT2D eigenvalue weighted by atomic mass is 10.1. The largest absolute Gasteiger partial charge is 0.322 e. The smallest absolute Gasteiger partial charge is 0.259 e. The Morgan fingerprint density at radius 1 is 1.09 bits per heavy atom. The second kappa shape index (κ2) is 10.5. The van der Waals surface area contributed by atoms with Gasteiger partial charge in [0.2, 0.25) is 0 Å². The van der Waals surface area contributed by atoms with E-state index in [1.807, 2.05) is 53.9 Å². The Balaban J connectivity index is 1.40. The van der Waals surface area contributed by atoms with E-state index in [0.29, 0.717) is 34.4 Å². The fourth-order valence-corrected chi connectivity index (χ4v) is 6.61. The molecule has 35 heavy (non-hydrogen) atoms. The van der Waals surface area contributed by atoms with E-state index in [1.165, 1.54) is 0 Å². The highest BCUT2D eigenvalue weighted by molar-refractivity contribution is 14.1. The number of fused-ring (bicyclic) bond motifs is 2. The Bertz CT molecular complexity index is 1300. The number of aryl methyl sites for hydroxylation is 1. The monoisotopic (exact) mass is 617 g/mol. The third kappa shape index (κ3) is 5.09. The average molecular weight is 618 g/mol. The van der Waals surface area contributed by atoms with E-state index in [-0.39, 0.29) is 11.8 Å². The van der Waals surface area contributed by atoms with Gasteiger partial charge in [-0.3, -0.25) is 14.5 Å². The summed E-state index contributed by atoms with van der Waals surface area (Å²) >= 11 is 10.7. The summed E-state index contributed by atoms with van der Waals surface area (Å²) in [6.45, 7) is 4.48. The van der Waals surface area contributed by atoms with Crippen LogP contribution in [0.2, 0.25) is 5.02 Å².